The fourth-order valence-corrected chi connectivity index (χ4v) is 2.45. The molecular formula is C18H11ClN4O3. The zero-order valence-corrected chi connectivity index (χ0v) is 14.1. The Balaban J connectivity index is 1.45. The first-order chi connectivity index (χ1) is 12.7. The second kappa shape index (κ2) is 6.89. The number of carbonyl (C=O) groups is 1. The Morgan fingerprint density at radius 3 is 2.58 bits per heavy atom. The molecule has 7 nitrogen and oxygen atoms in total. The lowest BCUT2D eigenvalue weighted by Crippen LogP contribution is -2.05. The molecule has 0 aliphatic heterocycles. The summed E-state index contributed by atoms with van der Waals surface area (Å²) >= 11 is 5.85. The highest BCUT2D eigenvalue weighted by atomic mass is 35.5. The van der Waals surface area contributed by atoms with Gasteiger partial charge < -0.3 is 9.15 Å². The van der Waals surface area contributed by atoms with Crippen LogP contribution >= 0.6 is 11.6 Å². The van der Waals surface area contributed by atoms with Crippen LogP contribution in [0.15, 0.2) is 59.3 Å². The smallest absolute Gasteiger partial charge is 0.338 e. The van der Waals surface area contributed by atoms with E-state index in [1.165, 1.54) is 0 Å². The van der Waals surface area contributed by atoms with E-state index < -0.39 is 5.97 Å². The zero-order valence-electron chi connectivity index (χ0n) is 13.3. The Morgan fingerprint density at radius 2 is 1.77 bits per heavy atom. The predicted octanol–water partition coefficient (Wildman–Crippen LogP) is 3.69. The zero-order chi connectivity index (χ0) is 17.9. The summed E-state index contributed by atoms with van der Waals surface area (Å²) in [5.41, 5.74) is 2.42. The second-order valence-electron chi connectivity index (χ2n) is 5.34. The van der Waals surface area contributed by atoms with Gasteiger partial charge in [-0.2, -0.15) is 0 Å². The SMILES string of the molecule is O=C(OCc1nnc(-c2ccc(Cl)cc2)o1)c1ccc2nccnc2c1. The van der Waals surface area contributed by atoms with E-state index in [-0.39, 0.29) is 12.5 Å². The van der Waals surface area contributed by atoms with E-state index in [2.05, 4.69) is 20.2 Å². The van der Waals surface area contributed by atoms with E-state index in [1.54, 1.807) is 54.9 Å². The Hall–Kier alpha value is -3.32. The van der Waals surface area contributed by atoms with Gasteiger partial charge in [0.05, 0.1) is 16.6 Å². The molecule has 128 valence electrons. The van der Waals surface area contributed by atoms with Crippen LogP contribution in [0.5, 0.6) is 0 Å². The average molecular weight is 367 g/mol. The standard InChI is InChI=1S/C18H11ClN4O3/c19-13-4-1-11(2-5-13)17-23-22-16(26-17)10-25-18(24)12-3-6-14-15(9-12)21-8-7-20-14/h1-9H,10H2. The number of rotatable bonds is 4. The van der Waals surface area contributed by atoms with Crippen molar-refractivity contribution in [2.45, 2.75) is 6.61 Å². The molecule has 2 aromatic carbocycles. The minimum atomic E-state index is -0.510. The summed E-state index contributed by atoms with van der Waals surface area (Å²) in [6.07, 6.45) is 3.16. The maximum absolute atomic E-state index is 12.2. The van der Waals surface area contributed by atoms with Crippen LogP contribution < -0.4 is 0 Å². The third-order valence-corrected chi connectivity index (χ3v) is 3.84. The molecule has 0 aliphatic rings. The lowest BCUT2D eigenvalue weighted by Gasteiger charge is -2.03. The lowest BCUT2D eigenvalue weighted by atomic mass is 10.2. The molecule has 4 rings (SSSR count). The number of fused-ring (bicyclic) bond motifs is 1. The Kier molecular flexibility index (Phi) is 4.28. The van der Waals surface area contributed by atoms with Gasteiger partial charge in [-0.3, -0.25) is 9.97 Å². The third-order valence-electron chi connectivity index (χ3n) is 3.59. The maximum atomic E-state index is 12.2. The Morgan fingerprint density at radius 1 is 1.00 bits per heavy atom. The van der Waals surface area contributed by atoms with E-state index in [4.69, 9.17) is 20.8 Å². The average Bonchev–Trinajstić information content (AvgIpc) is 3.15. The molecule has 0 unspecified atom stereocenters. The van der Waals surface area contributed by atoms with Gasteiger partial charge in [-0.1, -0.05) is 11.6 Å². The topological polar surface area (TPSA) is 91.0 Å². The first kappa shape index (κ1) is 16.2. The molecular weight excluding hydrogens is 356 g/mol. The van der Waals surface area contributed by atoms with Crippen molar-refractivity contribution in [3.8, 4) is 11.5 Å². The number of carbonyl (C=O) groups excluding carboxylic acids is 1. The Labute approximate surface area is 152 Å². The molecule has 0 saturated carbocycles. The number of ether oxygens (including phenoxy) is 1. The van der Waals surface area contributed by atoms with Crippen molar-refractivity contribution in [1.29, 1.82) is 0 Å². The van der Waals surface area contributed by atoms with Gasteiger partial charge in [0.15, 0.2) is 6.61 Å². The van der Waals surface area contributed by atoms with Crippen LogP contribution in [0.4, 0.5) is 0 Å². The summed E-state index contributed by atoms with van der Waals surface area (Å²) < 4.78 is 10.7. The number of benzene rings is 2. The quantitative estimate of drug-likeness (QED) is 0.508. The molecule has 0 bridgehead atoms. The first-order valence-electron chi connectivity index (χ1n) is 7.65. The summed E-state index contributed by atoms with van der Waals surface area (Å²) in [6.45, 7) is -0.127. The molecule has 2 heterocycles. The second-order valence-corrected chi connectivity index (χ2v) is 5.78. The molecule has 0 atom stereocenters. The van der Waals surface area contributed by atoms with Crippen LogP contribution in [0.3, 0.4) is 0 Å². The molecule has 8 heteroatoms. The molecule has 0 fully saturated rings. The largest absolute Gasteiger partial charge is 0.452 e. The number of halogens is 1. The number of hydrogen-bond donors (Lipinski definition) is 0. The summed E-state index contributed by atoms with van der Waals surface area (Å²) in [4.78, 5) is 20.5. The summed E-state index contributed by atoms with van der Waals surface area (Å²) in [5.74, 6) is 0.0152. The highest BCUT2D eigenvalue weighted by molar-refractivity contribution is 6.30. The van der Waals surface area contributed by atoms with E-state index in [0.717, 1.165) is 5.56 Å². The molecule has 0 radical (unpaired) electrons. The van der Waals surface area contributed by atoms with Crippen molar-refractivity contribution < 1.29 is 13.9 Å². The highest BCUT2D eigenvalue weighted by Gasteiger charge is 2.13. The predicted molar refractivity (Wildman–Crippen MR) is 93.4 cm³/mol. The van der Waals surface area contributed by atoms with E-state index in [1.807, 2.05) is 0 Å². The lowest BCUT2D eigenvalue weighted by molar-refractivity contribution is 0.0439. The van der Waals surface area contributed by atoms with Gasteiger partial charge >= 0.3 is 5.97 Å². The minimum absolute atomic E-state index is 0.127. The van der Waals surface area contributed by atoms with Crippen molar-refractivity contribution >= 4 is 28.6 Å². The van der Waals surface area contributed by atoms with Crippen molar-refractivity contribution in [2.24, 2.45) is 0 Å². The number of hydrogen-bond acceptors (Lipinski definition) is 7. The van der Waals surface area contributed by atoms with Gasteiger partial charge in [-0.15, -0.1) is 10.2 Å². The Bertz CT molecular complexity index is 1080. The maximum Gasteiger partial charge on any atom is 0.338 e. The highest BCUT2D eigenvalue weighted by Crippen LogP contribution is 2.20. The molecule has 0 aliphatic carbocycles. The molecule has 2 aromatic heterocycles. The number of esters is 1. The van der Waals surface area contributed by atoms with Crippen molar-refractivity contribution in [2.75, 3.05) is 0 Å². The van der Waals surface area contributed by atoms with Crippen LogP contribution in [-0.2, 0) is 11.3 Å². The van der Waals surface area contributed by atoms with Crippen LogP contribution in [0.1, 0.15) is 16.2 Å². The van der Waals surface area contributed by atoms with Gasteiger partial charge in [-0.25, -0.2) is 4.79 Å². The number of aromatic nitrogens is 4. The fourth-order valence-electron chi connectivity index (χ4n) is 2.32. The van der Waals surface area contributed by atoms with Crippen molar-refractivity contribution in [3.63, 3.8) is 0 Å². The number of nitrogens with zero attached hydrogens (tertiary/aromatic N) is 4. The monoisotopic (exact) mass is 366 g/mol. The van der Waals surface area contributed by atoms with E-state index in [0.29, 0.717) is 27.5 Å². The molecule has 0 N–H and O–H groups in total. The molecule has 0 amide bonds. The summed E-state index contributed by atoms with van der Waals surface area (Å²) in [6, 6.07) is 11.9. The normalized spacial score (nSPS) is 10.8. The van der Waals surface area contributed by atoms with E-state index >= 15 is 0 Å². The van der Waals surface area contributed by atoms with Gasteiger partial charge in [0.2, 0.25) is 5.89 Å². The molecule has 0 spiro atoms. The summed E-state index contributed by atoms with van der Waals surface area (Å²) in [7, 11) is 0. The van der Waals surface area contributed by atoms with Crippen molar-refractivity contribution in [3.05, 3.63) is 71.3 Å². The van der Waals surface area contributed by atoms with Crippen LogP contribution in [0.2, 0.25) is 5.02 Å². The summed E-state index contributed by atoms with van der Waals surface area (Å²) in [5, 5.41) is 8.43. The molecule has 4 aromatic rings. The fraction of sp³-hybridized carbons (Fsp3) is 0.0556. The van der Waals surface area contributed by atoms with Gasteiger partial charge in [0, 0.05) is 23.0 Å². The van der Waals surface area contributed by atoms with Gasteiger partial charge in [0.1, 0.15) is 0 Å². The van der Waals surface area contributed by atoms with Crippen LogP contribution in [0.25, 0.3) is 22.5 Å². The van der Waals surface area contributed by atoms with Gasteiger partial charge in [-0.05, 0) is 42.5 Å². The van der Waals surface area contributed by atoms with Crippen molar-refractivity contribution in [1.82, 2.24) is 20.2 Å². The molecule has 26 heavy (non-hydrogen) atoms. The van der Waals surface area contributed by atoms with Gasteiger partial charge in [0.25, 0.3) is 5.89 Å². The molecule has 0 saturated heterocycles. The van der Waals surface area contributed by atoms with Crippen LogP contribution in [-0.4, -0.2) is 26.1 Å². The van der Waals surface area contributed by atoms with E-state index in [9.17, 15) is 4.79 Å². The third kappa shape index (κ3) is 3.38. The van der Waals surface area contributed by atoms with Crippen LogP contribution in [0, 0.1) is 0 Å². The minimum Gasteiger partial charge on any atom is -0.452 e. The first-order valence-corrected chi connectivity index (χ1v) is 8.03.